The summed E-state index contributed by atoms with van der Waals surface area (Å²) in [7, 11) is 5.20. The average molecular weight is 220 g/mol. The van der Waals surface area contributed by atoms with E-state index < -0.39 is 14.0 Å². The van der Waals surface area contributed by atoms with Crippen molar-refractivity contribution in [3.05, 3.63) is 30.3 Å². The minimum absolute atomic E-state index is 0.572. The van der Waals surface area contributed by atoms with E-state index in [1.807, 2.05) is 6.07 Å². The van der Waals surface area contributed by atoms with Crippen molar-refractivity contribution in [1.82, 2.24) is 0 Å². The van der Waals surface area contributed by atoms with E-state index in [0.717, 1.165) is 0 Å². The molecule has 1 unspecified atom stereocenters. The van der Waals surface area contributed by atoms with Crippen LogP contribution in [0.2, 0.25) is 0 Å². The number of halogens is 1. The number of hydrogen-bond acceptors (Lipinski definition) is 2. The molecule has 10 heavy (non-hydrogen) atoms. The molecule has 1 aromatic carbocycles. The minimum atomic E-state index is -2.91. The van der Waals surface area contributed by atoms with Gasteiger partial charge in [0.05, 0.1) is 0 Å². The Bertz CT molecular complexity index is 224. The van der Waals surface area contributed by atoms with Gasteiger partial charge in [-0.1, -0.05) is 0 Å². The molecule has 2 nitrogen and oxygen atoms in total. The first-order valence-corrected chi connectivity index (χ1v) is 7.18. The first-order chi connectivity index (χ1) is 4.79. The summed E-state index contributed by atoms with van der Waals surface area (Å²) in [6.45, 7) is 0. The maximum absolute atomic E-state index is 10.4. The quantitative estimate of drug-likeness (QED) is 0.705. The predicted molar refractivity (Wildman–Crippen MR) is 40.8 cm³/mol. The van der Waals surface area contributed by atoms with Gasteiger partial charge in [-0.3, -0.25) is 0 Å². The van der Waals surface area contributed by atoms with E-state index in [4.69, 9.17) is 13.7 Å². The zero-order valence-corrected chi connectivity index (χ0v) is 7.94. The molecule has 0 aromatic heterocycles. The number of hydrogen-bond donors (Lipinski definition) is 0. The van der Waals surface area contributed by atoms with Crippen molar-refractivity contribution in [3.63, 3.8) is 0 Å². The van der Waals surface area contributed by atoms with Crippen LogP contribution in [0.5, 0.6) is 5.75 Å². The van der Waals surface area contributed by atoms with E-state index in [1.165, 1.54) is 0 Å². The van der Waals surface area contributed by atoms with Crippen LogP contribution in [0.4, 0.5) is 0 Å². The zero-order chi connectivity index (χ0) is 7.40. The molecular formula is C6H6AsClO2. The standard InChI is InChI=1S/C6H6AsClO2/c8-7(9)10-6-4-2-1-3-5-6/h1-5,7H. The predicted octanol–water partition coefficient (Wildman–Crippen LogP) is 1.45. The first kappa shape index (κ1) is 7.77. The Labute approximate surface area is 67.8 Å². The Morgan fingerprint density at radius 3 is 2.40 bits per heavy atom. The Kier molecular flexibility index (Phi) is 2.91. The van der Waals surface area contributed by atoms with Crippen molar-refractivity contribution in [2.75, 3.05) is 0 Å². The van der Waals surface area contributed by atoms with Gasteiger partial charge >= 0.3 is 67.5 Å². The summed E-state index contributed by atoms with van der Waals surface area (Å²) in [6.07, 6.45) is 0. The van der Waals surface area contributed by atoms with Gasteiger partial charge < -0.3 is 0 Å². The molecule has 0 aliphatic heterocycles. The van der Waals surface area contributed by atoms with Gasteiger partial charge in [0.15, 0.2) is 0 Å². The fraction of sp³-hybridized carbons (Fsp3) is 0. The van der Waals surface area contributed by atoms with Crippen LogP contribution < -0.4 is 3.73 Å². The van der Waals surface area contributed by atoms with Crippen molar-refractivity contribution >= 4 is 23.9 Å². The Hall–Kier alpha value is -0.332. The van der Waals surface area contributed by atoms with Crippen LogP contribution in [-0.2, 0) is 3.74 Å². The summed E-state index contributed by atoms with van der Waals surface area (Å²) < 4.78 is 15.2. The summed E-state index contributed by atoms with van der Waals surface area (Å²) in [5.74, 6) is 0.572. The number of rotatable bonds is 2. The van der Waals surface area contributed by atoms with Gasteiger partial charge in [-0.25, -0.2) is 0 Å². The van der Waals surface area contributed by atoms with Gasteiger partial charge in [0.2, 0.25) is 0 Å². The molecule has 0 saturated heterocycles. The van der Waals surface area contributed by atoms with E-state index in [1.54, 1.807) is 24.3 Å². The summed E-state index contributed by atoms with van der Waals surface area (Å²) in [5.41, 5.74) is 0. The molecule has 0 heterocycles. The molecule has 1 rings (SSSR count). The van der Waals surface area contributed by atoms with Gasteiger partial charge in [-0.2, -0.15) is 0 Å². The summed E-state index contributed by atoms with van der Waals surface area (Å²) in [5, 5.41) is 0. The number of benzene rings is 1. The molecule has 0 bridgehead atoms. The molecule has 0 radical (unpaired) electrons. The molecule has 0 aliphatic rings. The molecule has 54 valence electrons. The molecule has 1 aromatic rings. The van der Waals surface area contributed by atoms with E-state index in [0.29, 0.717) is 5.75 Å². The third-order valence-electron chi connectivity index (χ3n) is 0.941. The van der Waals surface area contributed by atoms with E-state index >= 15 is 0 Å². The number of para-hydroxylation sites is 1. The average Bonchev–Trinajstić information content (AvgIpc) is 1.88. The van der Waals surface area contributed by atoms with Crippen LogP contribution in [0, 0.1) is 0 Å². The molecule has 0 saturated carbocycles. The third-order valence-corrected chi connectivity index (χ3v) is 2.17. The summed E-state index contributed by atoms with van der Waals surface area (Å²) in [4.78, 5) is 0. The van der Waals surface area contributed by atoms with Crippen LogP contribution in [0.1, 0.15) is 0 Å². The molecule has 0 spiro atoms. The fourth-order valence-electron chi connectivity index (χ4n) is 0.581. The third kappa shape index (κ3) is 2.50. The van der Waals surface area contributed by atoms with Crippen LogP contribution in [0.25, 0.3) is 0 Å². The van der Waals surface area contributed by atoms with Gasteiger partial charge in [0.1, 0.15) is 0 Å². The van der Waals surface area contributed by atoms with Gasteiger partial charge in [0.25, 0.3) is 0 Å². The van der Waals surface area contributed by atoms with Crippen molar-refractivity contribution < 1.29 is 7.47 Å². The van der Waals surface area contributed by atoms with Crippen LogP contribution in [0.3, 0.4) is 0 Å². The summed E-state index contributed by atoms with van der Waals surface area (Å²) in [6, 6.07) is 8.88. The second-order valence-electron chi connectivity index (χ2n) is 1.65. The topological polar surface area (TPSA) is 26.3 Å². The van der Waals surface area contributed by atoms with Gasteiger partial charge in [-0.05, 0) is 0 Å². The van der Waals surface area contributed by atoms with E-state index in [2.05, 4.69) is 0 Å². The molecule has 0 N–H and O–H groups in total. The van der Waals surface area contributed by atoms with E-state index in [9.17, 15) is 3.74 Å². The second kappa shape index (κ2) is 3.74. The Morgan fingerprint density at radius 1 is 1.30 bits per heavy atom. The van der Waals surface area contributed by atoms with E-state index in [-0.39, 0.29) is 0 Å². The molecule has 0 amide bonds. The normalized spacial score (nSPS) is 12.5. The molecule has 0 aliphatic carbocycles. The van der Waals surface area contributed by atoms with Gasteiger partial charge in [-0.15, -0.1) is 0 Å². The maximum atomic E-state index is 10.4. The zero-order valence-electron chi connectivity index (χ0n) is 5.08. The van der Waals surface area contributed by atoms with Crippen LogP contribution in [-0.4, -0.2) is 14.0 Å². The molecule has 0 fully saturated rings. The first-order valence-electron chi connectivity index (χ1n) is 2.71. The Morgan fingerprint density at radius 2 is 1.90 bits per heavy atom. The Balaban J connectivity index is 2.67. The monoisotopic (exact) mass is 220 g/mol. The van der Waals surface area contributed by atoms with Crippen molar-refractivity contribution in [2.24, 2.45) is 0 Å². The molecule has 1 atom stereocenters. The summed E-state index contributed by atoms with van der Waals surface area (Å²) >= 11 is -2.91. The van der Waals surface area contributed by atoms with Crippen molar-refractivity contribution in [1.29, 1.82) is 0 Å². The molecule has 4 heteroatoms. The van der Waals surface area contributed by atoms with Gasteiger partial charge in [0, 0.05) is 0 Å². The SMILES string of the molecule is O=[AsH](Cl)Oc1ccccc1. The fourth-order valence-corrected chi connectivity index (χ4v) is 1.72. The van der Waals surface area contributed by atoms with Crippen molar-refractivity contribution in [3.8, 4) is 5.75 Å². The molecular weight excluding hydrogens is 214 g/mol. The van der Waals surface area contributed by atoms with Crippen molar-refractivity contribution in [2.45, 2.75) is 0 Å². The second-order valence-corrected chi connectivity index (χ2v) is 4.68. The van der Waals surface area contributed by atoms with Crippen LogP contribution >= 0.6 is 9.95 Å². The van der Waals surface area contributed by atoms with Crippen LogP contribution in [0.15, 0.2) is 30.3 Å².